The van der Waals surface area contributed by atoms with E-state index in [0.29, 0.717) is 35.3 Å². The zero-order chi connectivity index (χ0) is 26.3. The van der Waals surface area contributed by atoms with Crippen molar-refractivity contribution >= 4 is 22.6 Å². The SMILES string of the molecule is COc1cc(C2c3c(oc4ccc(F)cc4c3=O)C(=O)N2c2ccc(F)cc2)ccc1OCCC(C)C. The van der Waals surface area contributed by atoms with E-state index in [1.165, 1.54) is 42.3 Å². The van der Waals surface area contributed by atoms with Crippen LogP contribution >= 0.6 is 0 Å². The molecule has 4 aromatic rings. The Bertz CT molecular complexity index is 1540. The van der Waals surface area contributed by atoms with Crippen LogP contribution < -0.4 is 19.8 Å². The lowest BCUT2D eigenvalue weighted by molar-refractivity contribution is 0.0971. The normalized spacial score (nSPS) is 14.9. The molecule has 0 fully saturated rings. The lowest BCUT2D eigenvalue weighted by Gasteiger charge is -2.26. The van der Waals surface area contributed by atoms with Crippen LogP contribution in [-0.2, 0) is 0 Å². The number of carbonyl (C=O) groups is 1. The highest BCUT2D eigenvalue weighted by atomic mass is 19.1. The third kappa shape index (κ3) is 4.43. The second-order valence-electron chi connectivity index (χ2n) is 9.31. The molecule has 1 aromatic heterocycles. The third-order valence-electron chi connectivity index (χ3n) is 6.39. The standard InChI is InChI=1S/C29H25F2NO5/c1-16(2)12-13-36-23-10-4-17(14-24(23)35-3)26-25-27(33)21-15-19(31)7-11-22(21)37-28(25)29(34)32(26)20-8-5-18(30)6-9-20/h4-11,14-16,26H,12-13H2,1-3H3. The molecule has 0 saturated carbocycles. The number of nitrogens with zero attached hydrogens (tertiary/aromatic N) is 1. The van der Waals surface area contributed by atoms with Gasteiger partial charge in [-0.1, -0.05) is 19.9 Å². The highest BCUT2D eigenvalue weighted by molar-refractivity contribution is 6.10. The second kappa shape index (κ2) is 9.69. The van der Waals surface area contributed by atoms with Crippen molar-refractivity contribution in [1.82, 2.24) is 0 Å². The van der Waals surface area contributed by atoms with Gasteiger partial charge in [-0.25, -0.2) is 8.78 Å². The van der Waals surface area contributed by atoms with Crippen LogP contribution in [0.5, 0.6) is 11.5 Å². The van der Waals surface area contributed by atoms with Crippen molar-refractivity contribution in [2.45, 2.75) is 26.3 Å². The Hall–Kier alpha value is -4.20. The first-order valence-electron chi connectivity index (χ1n) is 11.9. The van der Waals surface area contributed by atoms with Gasteiger partial charge < -0.3 is 13.9 Å². The number of carbonyl (C=O) groups excluding carboxylic acids is 1. The van der Waals surface area contributed by atoms with Crippen LogP contribution in [0, 0.1) is 17.6 Å². The van der Waals surface area contributed by atoms with Gasteiger partial charge in [-0.3, -0.25) is 14.5 Å². The molecule has 0 radical (unpaired) electrons. The van der Waals surface area contributed by atoms with Crippen LogP contribution in [0.15, 0.2) is 69.9 Å². The molecule has 1 amide bonds. The van der Waals surface area contributed by atoms with Gasteiger partial charge in [0.25, 0.3) is 5.91 Å². The van der Waals surface area contributed by atoms with Crippen LogP contribution in [0.3, 0.4) is 0 Å². The molecule has 3 aromatic carbocycles. The number of hydrogen-bond donors (Lipinski definition) is 0. The van der Waals surface area contributed by atoms with Crippen molar-refractivity contribution in [3.63, 3.8) is 0 Å². The van der Waals surface area contributed by atoms with E-state index in [2.05, 4.69) is 13.8 Å². The Labute approximate surface area is 212 Å². The molecule has 37 heavy (non-hydrogen) atoms. The van der Waals surface area contributed by atoms with Crippen molar-refractivity contribution < 1.29 is 27.5 Å². The summed E-state index contributed by atoms with van der Waals surface area (Å²) in [6, 6.07) is 13.2. The van der Waals surface area contributed by atoms with Crippen molar-refractivity contribution in [1.29, 1.82) is 0 Å². The molecule has 8 heteroatoms. The Morgan fingerprint density at radius 2 is 1.68 bits per heavy atom. The molecular formula is C29H25F2NO5. The zero-order valence-electron chi connectivity index (χ0n) is 20.6. The van der Waals surface area contributed by atoms with E-state index in [0.717, 1.165) is 18.6 Å². The number of hydrogen-bond acceptors (Lipinski definition) is 5. The summed E-state index contributed by atoms with van der Waals surface area (Å²) in [6.45, 7) is 4.70. The van der Waals surface area contributed by atoms with Crippen molar-refractivity contribution in [2.75, 3.05) is 18.6 Å². The predicted octanol–water partition coefficient (Wildman–Crippen LogP) is 6.25. The maximum absolute atomic E-state index is 14.0. The summed E-state index contributed by atoms with van der Waals surface area (Å²) in [7, 11) is 1.50. The van der Waals surface area contributed by atoms with Crippen molar-refractivity contribution in [3.05, 3.63) is 99.4 Å². The number of methoxy groups -OCH3 is 1. The van der Waals surface area contributed by atoms with E-state index in [1.807, 2.05) is 0 Å². The summed E-state index contributed by atoms with van der Waals surface area (Å²) in [6.07, 6.45) is 0.860. The average Bonchev–Trinajstić information content (AvgIpc) is 3.17. The van der Waals surface area contributed by atoms with E-state index in [1.54, 1.807) is 18.2 Å². The van der Waals surface area contributed by atoms with Crippen LogP contribution in [0.4, 0.5) is 14.5 Å². The first-order valence-corrected chi connectivity index (χ1v) is 11.9. The Kier molecular flexibility index (Phi) is 6.41. The topological polar surface area (TPSA) is 69.0 Å². The monoisotopic (exact) mass is 505 g/mol. The van der Waals surface area contributed by atoms with Crippen LogP contribution in [-0.4, -0.2) is 19.6 Å². The van der Waals surface area contributed by atoms with E-state index in [9.17, 15) is 18.4 Å². The van der Waals surface area contributed by atoms with Crippen LogP contribution in [0.2, 0.25) is 0 Å². The molecule has 0 spiro atoms. The molecular weight excluding hydrogens is 480 g/mol. The second-order valence-corrected chi connectivity index (χ2v) is 9.31. The number of halogens is 2. The zero-order valence-corrected chi connectivity index (χ0v) is 20.6. The number of fused-ring (bicyclic) bond motifs is 2. The van der Waals surface area contributed by atoms with Crippen LogP contribution in [0.25, 0.3) is 11.0 Å². The van der Waals surface area contributed by atoms with Gasteiger partial charge in [0.2, 0.25) is 5.76 Å². The van der Waals surface area contributed by atoms with E-state index in [4.69, 9.17) is 13.9 Å². The minimum atomic E-state index is -0.921. The molecule has 190 valence electrons. The predicted molar refractivity (Wildman–Crippen MR) is 135 cm³/mol. The van der Waals surface area contributed by atoms with E-state index >= 15 is 0 Å². The summed E-state index contributed by atoms with van der Waals surface area (Å²) >= 11 is 0. The first-order chi connectivity index (χ1) is 17.8. The molecule has 1 aliphatic rings. The van der Waals surface area contributed by atoms with Gasteiger partial charge in [-0.15, -0.1) is 0 Å². The minimum absolute atomic E-state index is 0.0260. The molecule has 2 heterocycles. The molecule has 6 nitrogen and oxygen atoms in total. The molecule has 1 atom stereocenters. The first kappa shape index (κ1) is 24.5. The summed E-state index contributed by atoms with van der Waals surface area (Å²) in [5.41, 5.74) is 0.573. The maximum atomic E-state index is 14.0. The van der Waals surface area contributed by atoms with Gasteiger partial charge in [-0.2, -0.15) is 0 Å². The fourth-order valence-corrected chi connectivity index (χ4v) is 4.51. The van der Waals surface area contributed by atoms with Gasteiger partial charge in [0.15, 0.2) is 16.9 Å². The highest BCUT2D eigenvalue weighted by Crippen LogP contribution is 2.43. The minimum Gasteiger partial charge on any atom is -0.493 e. The summed E-state index contributed by atoms with van der Waals surface area (Å²) in [5, 5.41) is 0.0260. The lowest BCUT2D eigenvalue weighted by Crippen LogP contribution is -2.29. The van der Waals surface area contributed by atoms with Crippen molar-refractivity contribution in [3.8, 4) is 11.5 Å². The maximum Gasteiger partial charge on any atom is 0.295 e. The summed E-state index contributed by atoms with van der Waals surface area (Å²) in [5.74, 6) is -0.352. The molecule has 0 saturated heterocycles. The average molecular weight is 506 g/mol. The smallest absolute Gasteiger partial charge is 0.295 e. The molecule has 1 unspecified atom stereocenters. The third-order valence-corrected chi connectivity index (χ3v) is 6.39. The number of amides is 1. The molecule has 0 N–H and O–H groups in total. The van der Waals surface area contributed by atoms with Gasteiger partial charge in [0.1, 0.15) is 17.2 Å². The number of ether oxygens (including phenoxy) is 2. The lowest BCUT2D eigenvalue weighted by atomic mass is 9.97. The molecule has 1 aliphatic heterocycles. The summed E-state index contributed by atoms with van der Waals surface area (Å²) < 4.78 is 45.0. The quantitative estimate of drug-likeness (QED) is 0.297. The van der Waals surface area contributed by atoms with Gasteiger partial charge in [0, 0.05) is 5.69 Å². The Balaban J connectivity index is 1.68. The Morgan fingerprint density at radius 1 is 0.946 bits per heavy atom. The fourth-order valence-electron chi connectivity index (χ4n) is 4.51. The number of benzene rings is 3. The molecule has 5 rings (SSSR count). The number of rotatable bonds is 7. The van der Waals surface area contributed by atoms with E-state index < -0.39 is 29.0 Å². The largest absolute Gasteiger partial charge is 0.493 e. The van der Waals surface area contributed by atoms with E-state index in [-0.39, 0.29) is 22.3 Å². The van der Waals surface area contributed by atoms with Gasteiger partial charge in [-0.05, 0) is 72.5 Å². The fraction of sp³-hybridized carbons (Fsp3) is 0.241. The molecule has 0 bridgehead atoms. The Morgan fingerprint density at radius 3 is 2.38 bits per heavy atom. The van der Waals surface area contributed by atoms with Gasteiger partial charge in [0.05, 0.1) is 30.7 Å². The number of anilines is 1. The summed E-state index contributed by atoms with van der Waals surface area (Å²) in [4.78, 5) is 28.6. The van der Waals surface area contributed by atoms with Crippen molar-refractivity contribution in [2.24, 2.45) is 5.92 Å². The van der Waals surface area contributed by atoms with Gasteiger partial charge >= 0.3 is 0 Å². The highest BCUT2D eigenvalue weighted by Gasteiger charge is 2.44. The van der Waals surface area contributed by atoms with Crippen LogP contribution in [0.1, 0.15) is 48.0 Å². The molecule has 0 aliphatic carbocycles.